The standard InChI is InChI=1S/C27H26O10/c28-21-10-4-1-7-18(21)15-35-24(31)13-27(34,26(33)37-17-20-9-3-6-12-23(20)30)14-25(32)36-16-19-8-2-5-11-22(19)29/h1-12,28-30,34H,13-17H2. The van der Waals surface area contributed by atoms with Crippen molar-refractivity contribution in [3.63, 3.8) is 0 Å². The number of para-hydroxylation sites is 3. The Morgan fingerprint density at radius 1 is 0.568 bits per heavy atom. The van der Waals surface area contributed by atoms with Crippen LogP contribution in [0.5, 0.6) is 17.2 Å². The van der Waals surface area contributed by atoms with Gasteiger partial charge in [0.2, 0.25) is 0 Å². The number of carbonyl (C=O) groups is 3. The van der Waals surface area contributed by atoms with Gasteiger partial charge in [-0.1, -0.05) is 54.6 Å². The number of hydrogen-bond donors (Lipinski definition) is 4. The van der Waals surface area contributed by atoms with Crippen LogP contribution in [0.3, 0.4) is 0 Å². The summed E-state index contributed by atoms with van der Waals surface area (Å²) in [4.78, 5) is 37.8. The summed E-state index contributed by atoms with van der Waals surface area (Å²) >= 11 is 0. The van der Waals surface area contributed by atoms with Gasteiger partial charge in [-0.25, -0.2) is 4.79 Å². The van der Waals surface area contributed by atoms with Crippen LogP contribution in [0.15, 0.2) is 72.8 Å². The number of carbonyl (C=O) groups excluding carboxylic acids is 3. The predicted octanol–water partition coefficient (Wildman–Crippen LogP) is 2.84. The van der Waals surface area contributed by atoms with E-state index >= 15 is 0 Å². The lowest BCUT2D eigenvalue weighted by molar-refractivity contribution is -0.179. The fourth-order valence-corrected chi connectivity index (χ4v) is 3.28. The minimum Gasteiger partial charge on any atom is -0.508 e. The molecule has 10 nitrogen and oxygen atoms in total. The Labute approximate surface area is 212 Å². The first-order valence-corrected chi connectivity index (χ1v) is 11.2. The van der Waals surface area contributed by atoms with E-state index in [0.29, 0.717) is 11.1 Å². The maximum atomic E-state index is 12.8. The summed E-state index contributed by atoms with van der Waals surface area (Å²) in [6.07, 6.45) is -1.90. The lowest BCUT2D eigenvalue weighted by Gasteiger charge is -2.24. The first-order chi connectivity index (χ1) is 17.7. The Hall–Kier alpha value is -4.57. The molecule has 0 aliphatic carbocycles. The van der Waals surface area contributed by atoms with Crippen molar-refractivity contribution in [2.75, 3.05) is 0 Å². The molecule has 37 heavy (non-hydrogen) atoms. The molecule has 10 heteroatoms. The average Bonchev–Trinajstić information content (AvgIpc) is 2.87. The maximum Gasteiger partial charge on any atom is 0.339 e. The summed E-state index contributed by atoms with van der Waals surface area (Å²) in [5.41, 5.74) is -1.83. The molecular weight excluding hydrogens is 484 g/mol. The van der Waals surface area contributed by atoms with Crippen molar-refractivity contribution in [3.05, 3.63) is 89.5 Å². The Morgan fingerprint density at radius 3 is 1.24 bits per heavy atom. The number of esters is 3. The highest BCUT2D eigenvalue weighted by Gasteiger charge is 2.43. The molecule has 0 atom stereocenters. The number of aromatic hydroxyl groups is 3. The van der Waals surface area contributed by atoms with Gasteiger partial charge in [0.1, 0.15) is 37.1 Å². The lowest BCUT2D eigenvalue weighted by Crippen LogP contribution is -2.44. The van der Waals surface area contributed by atoms with E-state index in [1.165, 1.54) is 36.4 Å². The molecule has 0 saturated heterocycles. The zero-order valence-corrected chi connectivity index (χ0v) is 19.7. The molecule has 0 fully saturated rings. The van der Waals surface area contributed by atoms with Crippen LogP contribution in [0.25, 0.3) is 0 Å². The molecular formula is C27H26O10. The molecule has 0 aromatic heterocycles. The van der Waals surface area contributed by atoms with Crippen LogP contribution in [-0.4, -0.2) is 43.9 Å². The van der Waals surface area contributed by atoms with Crippen molar-refractivity contribution in [1.29, 1.82) is 0 Å². The zero-order valence-electron chi connectivity index (χ0n) is 19.7. The quantitative estimate of drug-likeness (QED) is 0.223. The topological polar surface area (TPSA) is 160 Å². The molecule has 0 radical (unpaired) electrons. The molecule has 0 saturated carbocycles. The van der Waals surface area contributed by atoms with E-state index in [0.717, 1.165) is 0 Å². The summed E-state index contributed by atoms with van der Waals surface area (Å²) in [7, 11) is 0. The molecule has 0 spiro atoms. The van der Waals surface area contributed by atoms with Gasteiger partial charge in [0.05, 0.1) is 12.8 Å². The predicted molar refractivity (Wildman–Crippen MR) is 128 cm³/mol. The number of phenolic OH excluding ortho intramolecular Hbond substituents is 3. The molecule has 194 valence electrons. The van der Waals surface area contributed by atoms with Crippen molar-refractivity contribution in [2.45, 2.75) is 38.3 Å². The van der Waals surface area contributed by atoms with E-state index in [1.54, 1.807) is 36.4 Å². The average molecular weight is 510 g/mol. The fraction of sp³-hybridized carbons (Fsp3) is 0.222. The van der Waals surface area contributed by atoms with Gasteiger partial charge in [0.15, 0.2) is 5.60 Å². The maximum absolute atomic E-state index is 12.8. The highest BCUT2D eigenvalue weighted by molar-refractivity contribution is 5.90. The number of hydrogen-bond acceptors (Lipinski definition) is 10. The monoisotopic (exact) mass is 510 g/mol. The Balaban J connectivity index is 1.69. The van der Waals surface area contributed by atoms with Gasteiger partial charge >= 0.3 is 17.9 Å². The van der Waals surface area contributed by atoms with Crippen LogP contribution < -0.4 is 0 Å². The van der Waals surface area contributed by atoms with E-state index in [2.05, 4.69) is 0 Å². The second-order valence-electron chi connectivity index (χ2n) is 8.17. The molecule has 0 unspecified atom stereocenters. The molecule has 0 aliphatic heterocycles. The van der Waals surface area contributed by atoms with Crippen molar-refractivity contribution in [2.24, 2.45) is 0 Å². The molecule has 3 rings (SSSR count). The van der Waals surface area contributed by atoms with Crippen molar-refractivity contribution < 1.29 is 49.0 Å². The van der Waals surface area contributed by atoms with Crippen LogP contribution in [0.1, 0.15) is 29.5 Å². The van der Waals surface area contributed by atoms with Crippen molar-refractivity contribution in [3.8, 4) is 17.2 Å². The van der Waals surface area contributed by atoms with Crippen LogP contribution in [0.2, 0.25) is 0 Å². The van der Waals surface area contributed by atoms with Gasteiger partial charge in [-0.15, -0.1) is 0 Å². The van der Waals surface area contributed by atoms with Crippen molar-refractivity contribution in [1.82, 2.24) is 0 Å². The molecule has 3 aromatic carbocycles. The Morgan fingerprint density at radius 2 is 0.892 bits per heavy atom. The van der Waals surface area contributed by atoms with Gasteiger partial charge < -0.3 is 34.6 Å². The lowest BCUT2D eigenvalue weighted by atomic mass is 9.95. The Kier molecular flexibility index (Phi) is 9.06. The number of ether oxygens (including phenoxy) is 3. The van der Waals surface area contributed by atoms with Gasteiger partial charge in [0.25, 0.3) is 0 Å². The number of aliphatic hydroxyl groups is 1. The summed E-state index contributed by atoms with van der Waals surface area (Å²) in [5, 5.41) is 40.6. The second-order valence-corrected chi connectivity index (χ2v) is 8.17. The third-order valence-corrected chi connectivity index (χ3v) is 5.36. The van der Waals surface area contributed by atoms with Crippen LogP contribution in [0.4, 0.5) is 0 Å². The first-order valence-electron chi connectivity index (χ1n) is 11.2. The minimum absolute atomic E-state index is 0.111. The van der Waals surface area contributed by atoms with Crippen LogP contribution >= 0.6 is 0 Å². The molecule has 4 N–H and O–H groups in total. The highest BCUT2D eigenvalue weighted by atomic mass is 16.6. The summed E-state index contributed by atoms with van der Waals surface area (Å²) < 4.78 is 15.2. The van der Waals surface area contributed by atoms with E-state index in [-0.39, 0.29) is 36.0 Å². The normalized spacial score (nSPS) is 10.9. The molecule has 0 bridgehead atoms. The first kappa shape index (κ1) is 27.0. The molecule has 0 aliphatic rings. The largest absolute Gasteiger partial charge is 0.508 e. The van der Waals surface area contributed by atoms with Gasteiger partial charge in [-0.05, 0) is 18.2 Å². The number of benzene rings is 3. The highest BCUT2D eigenvalue weighted by Crippen LogP contribution is 2.25. The third-order valence-electron chi connectivity index (χ3n) is 5.36. The molecule has 0 heterocycles. The minimum atomic E-state index is -2.66. The van der Waals surface area contributed by atoms with E-state index in [1.807, 2.05) is 0 Å². The van der Waals surface area contributed by atoms with Gasteiger partial charge in [-0.3, -0.25) is 9.59 Å². The SMILES string of the molecule is O=C(CC(O)(CC(=O)OCc1ccccc1O)C(=O)OCc1ccccc1O)OCc1ccccc1O. The summed E-state index contributed by atoms with van der Waals surface area (Å²) in [5.74, 6) is -3.77. The Bertz CT molecular complexity index is 1190. The fourth-order valence-electron chi connectivity index (χ4n) is 3.28. The van der Waals surface area contributed by atoms with Gasteiger partial charge in [-0.2, -0.15) is 0 Å². The second kappa shape index (κ2) is 12.4. The van der Waals surface area contributed by atoms with Crippen LogP contribution in [-0.2, 0) is 48.4 Å². The summed E-state index contributed by atoms with van der Waals surface area (Å²) in [6, 6.07) is 18.3. The number of phenols is 3. The van der Waals surface area contributed by atoms with E-state index in [9.17, 15) is 34.8 Å². The molecule has 0 amide bonds. The number of rotatable bonds is 11. The van der Waals surface area contributed by atoms with E-state index in [4.69, 9.17) is 14.2 Å². The third kappa shape index (κ3) is 7.71. The molecule has 3 aromatic rings. The van der Waals surface area contributed by atoms with Crippen molar-refractivity contribution >= 4 is 17.9 Å². The van der Waals surface area contributed by atoms with Gasteiger partial charge in [0, 0.05) is 16.7 Å². The van der Waals surface area contributed by atoms with E-state index < -0.39 is 43.0 Å². The summed E-state index contributed by atoms with van der Waals surface area (Å²) in [6.45, 7) is -1.12. The zero-order chi connectivity index (χ0) is 26.8. The smallest absolute Gasteiger partial charge is 0.339 e. The van der Waals surface area contributed by atoms with Crippen LogP contribution in [0, 0.1) is 0 Å².